The summed E-state index contributed by atoms with van der Waals surface area (Å²) in [7, 11) is 0. The summed E-state index contributed by atoms with van der Waals surface area (Å²) in [4.78, 5) is 0. The molecule has 1 fully saturated rings. The topological polar surface area (TPSA) is 52.5 Å². The van der Waals surface area contributed by atoms with Crippen molar-refractivity contribution in [1.82, 2.24) is 5.32 Å². The number of halogens is 1. The van der Waals surface area contributed by atoms with Crippen LogP contribution in [0.1, 0.15) is 52.5 Å². The molecule has 1 aliphatic carbocycles. The van der Waals surface area contributed by atoms with Crippen molar-refractivity contribution in [3.8, 4) is 11.1 Å². The molecule has 152 valence electrons. The molecule has 3 N–H and O–H groups in total. The van der Waals surface area contributed by atoms with Crippen LogP contribution in [0.25, 0.3) is 11.1 Å². The SMILES string of the molecule is CC[C@](O)(c1ccc(-c2ccc(Cl)cc2)cc1)C1C[C@@H](O)[C@H](NC(C)(C)C)C1. The minimum Gasteiger partial charge on any atom is -0.391 e. The highest BCUT2D eigenvalue weighted by Gasteiger charge is 2.45. The number of benzene rings is 2. The number of rotatable bonds is 5. The van der Waals surface area contributed by atoms with Crippen LogP contribution in [-0.2, 0) is 5.60 Å². The Bertz CT molecular complexity index is 782. The molecule has 28 heavy (non-hydrogen) atoms. The van der Waals surface area contributed by atoms with Crippen molar-refractivity contribution in [1.29, 1.82) is 0 Å². The van der Waals surface area contributed by atoms with E-state index in [0.29, 0.717) is 12.8 Å². The summed E-state index contributed by atoms with van der Waals surface area (Å²) in [6, 6.07) is 15.9. The third-order valence-electron chi connectivity index (χ3n) is 5.92. The third-order valence-corrected chi connectivity index (χ3v) is 6.18. The molecule has 0 radical (unpaired) electrons. The Kier molecular flexibility index (Phi) is 6.21. The van der Waals surface area contributed by atoms with Crippen LogP contribution < -0.4 is 5.32 Å². The molecule has 3 rings (SSSR count). The molecule has 0 bridgehead atoms. The maximum atomic E-state index is 11.6. The molecule has 0 heterocycles. The fraction of sp³-hybridized carbons (Fsp3) is 0.500. The van der Waals surface area contributed by atoms with Crippen molar-refractivity contribution in [2.75, 3.05) is 0 Å². The highest BCUT2D eigenvalue weighted by Crippen LogP contribution is 2.43. The zero-order valence-corrected chi connectivity index (χ0v) is 18.0. The average molecular weight is 402 g/mol. The molecular weight excluding hydrogens is 370 g/mol. The molecule has 4 heteroatoms. The molecule has 2 aromatic carbocycles. The normalized spacial score (nSPS) is 24.9. The second-order valence-corrected chi connectivity index (χ2v) is 9.53. The summed E-state index contributed by atoms with van der Waals surface area (Å²) in [5.41, 5.74) is 2.11. The number of hydrogen-bond donors (Lipinski definition) is 3. The summed E-state index contributed by atoms with van der Waals surface area (Å²) < 4.78 is 0. The minimum absolute atomic E-state index is 0.0106. The first kappa shape index (κ1) is 21.3. The Hall–Kier alpha value is -1.39. The first-order valence-electron chi connectivity index (χ1n) is 10.2. The monoisotopic (exact) mass is 401 g/mol. The summed E-state index contributed by atoms with van der Waals surface area (Å²) in [5.74, 6) is 0.0220. The van der Waals surface area contributed by atoms with Crippen molar-refractivity contribution in [3.63, 3.8) is 0 Å². The smallest absolute Gasteiger partial charge is 0.0923 e. The molecule has 1 aliphatic rings. The van der Waals surface area contributed by atoms with E-state index in [1.165, 1.54) is 0 Å². The Morgan fingerprint density at radius 2 is 1.50 bits per heavy atom. The van der Waals surface area contributed by atoms with Gasteiger partial charge in [-0.15, -0.1) is 0 Å². The highest BCUT2D eigenvalue weighted by molar-refractivity contribution is 6.30. The van der Waals surface area contributed by atoms with Gasteiger partial charge in [-0.05, 0) is 74.8 Å². The van der Waals surface area contributed by atoms with Crippen molar-refractivity contribution in [2.24, 2.45) is 5.92 Å². The standard InChI is InChI=1S/C24H32ClNO2/c1-5-24(28,19-14-21(22(27)15-19)26-23(2,3)4)18-10-6-16(7-11-18)17-8-12-20(25)13-9-17/h6-13,19,21-22,26-28H,5,14-15H2,1-4H3/t19?,21-,22-,24+/m1/s1. The maximum absolute atomic E-state index is 11.6. The van der Waals surface area contributed by atoms with Crippen molar-refractivity contribution < 1.29 is 10.2 Å². The van der Waals surface area contributed by atoms with E-state index in [0.717, 1.165) is 28.1 Å². The van der Waals surface area contributed by atoms with Crippen LogP contribution in [0, 0.1) is 5.92 Å². The van der Waals surface area contributed by atoms with E-state index in [4.69, 9.17) is 11.6 Å². The van der Waals surface area contributed by atoms with Gasteiger partial charge in [0.1, 0.15) is 0 Å². The zero-order chi connectivity index (χ0) is 20.5. The Labute approximate surface area is 173 Å². The van der Waals surface area contributed by atoms with Gasteiger partial charge < -0.3 is 15.5 Å². The second kappa shape index (κ2) is 8.16. The number of aliphatic hydroxyl groups is 2. The fourth-order valence-corrected chi connectivity index (χ4v) is 4.56. The summed E-state index contributed by atoms with van der Waals surface area (Å²) in [6.07, 6.45) is 1.56. The molecule has 1 saturated carbocycles. The van der Waals surface area contributed by atoms with Crippen LogP contribution in [0.15, 0.2) is 48.5 Å². The number of nitrogens with one attached hydrogen (secondary N) is 1. The molecule has 4 atom stereocenters. The van der Waals surface area contributed by atoms with E-state index in [9.17, 15) is 10.2 Å². The Morgan fingerprint density at radius 3 is 2.00 bits per heavy atom. The molecule has 0 aliphatic heterocycles. The summed E-state index contributed by atoms with van der Waals surface area (Å²) in [5, 5.41) is 26.4. The first-order valence-corrected chi connectivity index (χ1v) is 10.5. The van der Waals surface area contributed by atoms with Crippen LogP contribution in [-0.4, -0.2) is 27.9 Å². The van der Waals surface area contributed by atoms with Gasteiger partial charge in [-0.3, -0.25) is 0 Å². The van der Waals surface area contributed by atoms with Gasteiger partial charge >= 0.3 is 0 Å². The predicted molar refractivity (Wildman–Crippen MR) is 116 cm³/mol. The van der Waals surface area contributed by atoms with Crippen molar-refractivity contribution in [3.05, 3.63) is 59.1 Å². The van der Waals surface area contributed by atoms with Crippen LogP contribution in [0.3, 0.4) is 0 Å². The van der Waals surface area contributed by atoms with Gasteiger partial charge in [0.15, 0.2) is 0 Å². The lowest BCUT2D eigenvalue weighted by Crippen LogP contribution is -2.47. The molecule has 0 amide bonds. The number of hydrogen-bond acceptors (Lipinski definition) is 3. The van der Waals surface area contributed by atoms with Crippen molar-refractivity contribution >= 4 is 11.6 Å². The zero-order valence-electron chi connectivity index (χ0n) is 17.2. The van der Waals surface area contributed by atoms with E-state index in [1.54, 1.807) is 0 Å². The van der Waals surface area contributed by atoms with Gasteiger partial charge in [-0.1, -0.05) is 54.9 Å². The second-order valence-electron chi connectivity index (χ2n) is 9.10. The summed E-state index contributed by atoms with van der Waals surface area (Å²) in [6.45, 7) is 8.33. The lowest BCUT2D eigenvalue weighted by Gasteiger charge is -2.34. The van der Waals surface area contributed by atoms with Gasteiger partial charge in [0.2, 0.25) is 0 Å². The fourth-order valence-electron chi connectivity index (χ4n) is 4.44. The highest BCUT2D eigenvalue weighted by atomic mass is 35.5. The maximum Gasteiger partial charge on any atom is 0.0923 e. The van der Waals surface area contributed by atoms with Crippen LogP contribution >= 0.6 is 11.6 Å². The molecular formula is C24H32ClNO2. The molecule has 0 aromatic heterocycles. The molecule has 2 aromatic rings. The van der Waals surface area contributed by atoms with Gasteiger partial charge in [0, 0.05) is 16.6 Å². The van der Waals surface area contributed by atoms with Crippen LogP contribution in [0.4, 0.5) is 0 Å². The molecule has 1 unspecified atom stereocenters. The predicted octanol–water partition coefficient (Wildman–Crippen LogP) is 5.13. The lowest BCUT2D eigenvalue weighted by atomic mass is 9.77. The first-order chi connectivity index (χ1) is 13.1. The van der Waals surface area contributed by atoms with Crippen LogP contribution in [0.2, 0.25) is 5.02 Å². The van der Waals surface area contributed by atoms with E-state index < -0.39 is 11.7 Å². The van der Waals surface area contributed by atoms with Crippen LogP contribution in [0.5, 0.6) is 0 Å². The number of aliphatic hydroxyl groups excluding tert-OH is 1. The van der Waals surface area contributed by atoms with Gasteiger partial charge in [-0.2, -0.15) is 0 Å². The largest absolute Gasteiger partial charge is 0.391 e. The van der Waals surface area contributed by atoms with Gasteiger partial charge in [0.25, 0.3) is 0 Å². The quantitative estimate of drug-likeness (QED) is 0.650. The Morgan fingerprint density at radius 1 is 0.964 bits per heavy atom. The molecule has 3 nitrogen and oxygen atoms in total. The molecule has 0 saturated heterocycles. The summed E-state index contributed by atoms with van der Waals surface area (Å²) >= 11 is 5.98. The van der Waals surface area contributed by atoms with E-state index >= 15 is 0 Å². The van der Waals surface area contributed by atoms with Gasteiger partial charge in [-0.25, -0.2) is 0 Å². The van der Waals surface area contributed by atoms with Crippen molar-refractivity contribution in [2.45, 2.75) is 70.2 Å². The minimum atomic E-state index is -0.937. The van der Waals surface area contributed by atoms with E-state index in [2.05, 4.69) is 38.2 Å². The van der Waals surface area contributed by atoms with E-state index in [-0.39, 0.29) is 17.5 Å². The average Bonchev–Trinajstić information content (AvgIpc) is 3.01. The third kappa shape index (κ3) is 4.60. The van der Waals surface area contributed by atoms with Gasteiger partial charge in [0.05, 0.1) is 11.7 Å². The lowest BCUT2D eigenvalue weighted by molar-refractivity contribution is -0.0301. The molecule has 0 spiro atoms. The van der Waals surface area contributed by atoms with E-state index in [1.807, 2.05) is 43.3 Å². The Balaban J connectivity index is 1.81.